The number of carbonyl (C=O) groups is 2. The molecule has 0 N–H and O–H groups in total. The Kier molecular flexibility index (Phi) is 3.52. The van der Waals surface area contributed by atoms with Gasteiger partial charge in [-0.05, 0) is 24.3 Å². The van der Waals surface area contributed by atoms with Crippen LogP contribution in [0.15, 0.2) is 18.2 Å². The van der Waals surface area contributed by atoms with Gasteiger partial charge in [-0.15, -0.1) is 0 Å². The van der Waals surface area contributed by atoms with Crippen molar-refractivity contribution in [3.8, 4) is 0 Å². The summed E-state index contributed by atoms with van der Waals surface area (Å²) in [6.07, 6.45) is 0. The zero-order valence-corrected chi connectivity index (χ0v) is 10.8. The number of nitrogens with zero attached hydrogens (tertiary/aromatic N) is 1. The summed E-state index contributed by atoms with van der Waals surface area (Å²) in [5.41, 5.74) is 2.35. The minimum Gasteiger partial charge on any atom is -0.304 e. The topological polar surface area (TPSA) is 37.4 Å². The fraction of sp³-hybridized carbons (Fsp3) is 0.385. The largest absolute Gasteiger partial charge is 0.304 e. The lowest BCUT2D eigenvalue weighted by Gasteiger charge is -2.17. The summed E-state index contributed by atoms with van der Waals surface area (Å²) < 4.78 is 0. The summed E-state index contributed by atoms with van der Waals surface area (Å²) in [7, 11) is 0. The first-order valence-electron chi connectivity index (χ1n) is 5.70. The van der Waals surface area contributed by atoms with Crippen LogP contribution in [0.5, 0.6) is 0 Å². The molecule has 1 aliphatic heterocycles. The van der Waals surface area contributed by atoms with E-state index in [1.165, 1.54) is 0 Å². The van der Waals surface area contributed by atoms with Crippen molar-refractivity contribution in [1.82, 2.24) is 0 Å². The molecule has 17 heavy (non-hydrogen) atoms. The van der Waals surface area contributed by atoms with Gasteiger partial charge < -0.3 is 4.90 Å². The number of rotatable bonds is 4. The number of carbonyl (C=O) groups excluding carboxylic acids is 2. The molecule has 0 aromatic heterocycles. The number of benzene rings is 1. The standard InChI is InChI=1S/C13H15NO2S/c1-3-17-8-7-14-11-9(2)5-4-6-10(11)12(15)13(14)16/h4-6H,3,7-8H2,1-2H3. The Morgan fingerprint density at radius 3 is 2.76 bits per heavy atom. The van der Waals surface area contributed by atoms with Gasteiger partial charge in [0.1, 0.15) is 0 Å². The van der Waals surface area contributed by atoms with Crippen LogP contribution in [0.25, 0.3) is 0 Å². The monoisotopic (exact) mass is 249 g/mol. The molecule has 0 saturated heterocycles. The Balaban J connectivity index is 2.30. The number of hydrogen-bond acceptors (Lipinski definition) is 3. The number of hydrogen-bond donors (Lipinski definition) is 0. The maximum Gasteiger partial charge on any atom is 0.299 e. The van der Waals surface area contributed by atoms with Crippen molar-refractivity contribution in [3.05, 3.63) is 29.3 Å². The van der Waals surface area contributed by atoms with Gasteiger partial charge >= 0.3 is 0 Å². The number of anilines is 1. The molecule has 3 nitrogen and oxygen atoms in total. The van der Waals surface area contributed by atoms with Crippen LogP contribution in [0.1, 0.15) is 22.8 Å². The summed E-state index contributed by atoms with van der Waals surface area (Å²) in [5, 5.41) is 0. The zero-order chi connectivity index (χ0) is 12.4. The number of ketones is 1. The fourth-order valence-electron chi connectivity index (χ4n) is 2.05. The lowest BCUT2D eigenvalue weighted by molar-refractivity contribution is -0.114. The Labute approximate surface area is 105 Å². The second-order valence-corrected chi connectivity index (χ2v) is 5.35. The highest BCUT2D eigenvalue weighted by atomic mass is 32.2. The van der Waals surface area contributed by atoms with Crippen LogP contribution in [0.2, 0.25) is 0 Å². The van der Waals surface area contributed by atoms with Crippen molar-refractivity contribution >= 4 is 29.1 Å². The highest BCUT2D eigenvalue weighted by Gasteiger charge is 2.36. The Bertz CT molecular complexity index is 470. The molecule has 0 aliphatic carbocycles. The average molecular weight is 249 g/mol. The Morgan fingerprint density at radius 2 is 2.06 bits per heavy atom. The third kappa shape index (κ3) is 2.09. The van der Waals surface area contributed by atoms with Gasteiger partial charge in [0.25, 0.3) is 11.7 Å². The van der Waals surface area contributed by atoms with E-state index in [1.807, 2.05) is 19.1 Å². The van der Waals surface area contributed by atoms with Crippen molar-refractivity contribution in [2.24, 2.45) is 0 Å². The van der Waals surface area contributed by atoms with E-state index in [4.69, 9.17) is 0 Å². The van der Waals surface area contributed by atoms with Crippen LogP contribution < -0.4 is 4.90 Å². The Morgan fingerprint density at radius 1 is 1.29 bits per heavy atom. The third-order valence-corrected chi connectivity index (χ3v) is 3.73. The van der Waals surface area contributed by atoms with E-state index in [9.17, 15) is 9.59 Å². The second kappa shape index (κ2) is 4.92. The fourth-order valence-corrected chi connectivity index (χ4v) is 2.65. The van der Waals surface area contributed by atoms with E-state index in [1.54, 1.807) is 22.7 Å². The number of aryl methyl sites for hydroxylation is 1. The van der Waals surface area contributed by atoms with Crippen molar-refractivity contribution in [2.75, 3.05) is 23.0 Å². The molecule has 1 aliphatic rings. The number of fused-ring (bicyclic) bond motifs is 1. The van der Waals surface area contributed by atoms with Crippen LogP contribution >= 0.6 is 11.8 Å². The van der Waals surface area contributed by atoms with Crippen molar-refractivity contribution in [2.45, 2.75) is 13.8 Å². The van der Waals surface area contributed by atoms with E-state index in [0.29, 0.717) is 12.1 Å². The van der Waals surface area contributed by atoms with Gasteiger partial charge in [-0.1, -0.05) is 19.1 Å². The minimum absolute atomic E-state index is 0.370. The first kappa shape index (κ1) is 12.2. The molecule has 1 amide bonds. The third-order valence-electron chi connectivity index (χ3n) is 2.86. The molecule has 1 aromatic carbocycles. The molecule has 0 unspecified atom stereocenters. The molecule has 1 heterocycles. The summed E-state index contributed by atoms with van der Waals surface area (Å²) >= 11 is 1.77. The molecular weight excluding hydrogens is 234 g/mol. The molecule has 0 spiro atoms. The van der Waals surface area contributed by atoms with Crippen LogP contribution in [0.3, 0.4) is 0 Å². The molecule has 0 bridgehead atoms. The van der Waals surface area contributed by atoms with E-state index >= 15 is 0 Å². The summed E-state index contributed by atoms with van der Waals surface area (Å²) in [5.74, 6) is 1.14. The molecule has 0 fully saturated rings. The lowest BCUT2D eigenvalue weighted by Crippen LogP contribution is -2.32. The molecule has 4 heteroatoms. The minimum atomic E-state index is -0.383. The second-order valence-electron chi connectivity index (χ2n) is 3.95. The van der Waals surface area contributed by atoms with Crippen LogP contribution in [0, 0.1) is 6.92 Å². The maximum absolute atomic E-state index is 11.9. The molecule has 0 radical (unpaired) electrons. The number of Topliss-reactive ketones (excluding diaryl/α,β-unsaturated/α-hetero) is 1. The van der Waals surface area contributed by atoms with Gasteiger partial charge in [0.15, 0.2) is 0 Å². The smallest absolute Gasteiger partial charge is 0.299 e. The highest BCUT2D eigenvalue weighted by molar-refractivity contribution is 7.99. The van der Waals surface area contributed by atoms with Gasteiger partial charge in [-0.3, -0.25) is 9.59 Å². The van der Waals surface area contributed by atoms with E-state index < -0.39 is 0 Å². The van der Waals surface area contributed by atoms with Crippen molar-refractivity contribution in [1.29, 1.82) is 0 Å². The highest BCUT2D eigenvalue weighted by Crippen LogP contribution is 2.32. The summed E-state index contributed by atoms with van der Waals surface area (Å²) in [4.78, 5) is 25.3. The van der Waals surface area contributed by atoms with E-state index in [0.717, 1.165) is 22.8 Å². The van der Waals surface area contributed by atoms with Crippen molar-refractivity contribution < 1.29 is 9.59 Å². The van der Waals surface area contributed by atoms with Crippen LogP contribution in [-0.2, 0) is 4.79 Å². The predicted molar refractivity (Wildman–Crippen MR) is 70.9 cm³/mol. The maximum atomic E-state index is 11.9. The predicted octanol–water partition coefficient (Wildman–Crippen LogP) is 2.28. The van der Waals surface area contributed by atoms with Gasteiger partial charge in [-0.2, -0.15) is 11.8 Å². The Hall–Kier alpha value is -1.29. The normalized spacial score (nSPS) is 14.4. The molecule has 0 atom stereocenters. The number of amides is 1. The molecule has 90 valence electrons. The van der Waals surface area contributed by atoms with Gasteiger partial charge in [0.05, 0.1) is 11.3 Å². The quantitative estimate of drug-likeness (QED) is 0.607. The van der Waals surface area contributed by atoms with E-state index in [-0.39, 0.29) is 11.7 Å². The zero-order valence-electron chi connectivity index (χ0n) is 10.0. The number of thioether (sulfide) groups is 1. The van der Waals surface area contributed by atoms with Gasteiger partial charge in [-0.25, -0.2) is 0 Å². The first-order chi connectivity index (χ1) is 8.16. The molecule has 2 rings (SSSR count). The molecule has 1 aromatic rings. The van der Waals surface area contributed by atoms with Crippen molar-refractivity contribution in [3.63, 3.8) is 0 Å². The lowest BCUT2D eigenvalue weighted by atomic mass is 10.1. The van der Waals surface area contributed by atoms with Crippen LogP contribution in [0.4, 0.5) is 5.69 Å². The first-order valence-corrected chi connectivity index (χ1v) is 6.85. The van der Waals surface area contributed by atoms with Gasteiger partial charge in [0, 0.05) is 12.3 Å². The summed E-state index contributed by atoms with van der Waals surface area (Å²) in [6.45, 7) is 4.63. The molecular formula is C13H15NO2S. The SMILES string of the molecule is CCSCCN1C(=O)C(=O)c2cccc(C)c21. The molecule has 0 saturated carbocycles. The number of para-hydroxylation sites is 1. The average Bonchev–Trinajstić information content (AvgIpc) is 2.56. The van der Waals surface area contributed by atoms with Gasteiger partial charge in [0.2, 0.25) is 0 Å². The summed E-state index contributed by atoms with van der Waals surface area (Å²) in [6, 6.07) is 5.49. The van der Waals surface area contributed by atoms with Crippen LogP contribution in [-0.4, -0.2) is 29.7 Å². The van der Waals surface area contributed by atoms with E-state index in [2.05, 4.69) is 6.92 Å².